The van der Waals surface area contributed by atoms with Crippen LogP contribution in [0.5, 0.6) is 0 Å². The molecule has 7 heteroatoms. The lowest BCUT2D eigenvalue weighted by atomic mass is 10.1. The molecule has 0 unspecified atom stereocenters. The fraction of sp³-hybridized carbons (Fsp3) is 0. The Kier molecular flexibility index (Phi) is 3.39. The Morgan fingerprint density at radius 2 is 1.84 bits per heavy atom. The van der Waals surface area contributed by atoms with Gasteiger partial charge in [0, 0.05) is 45.9 Å². The Bertz CT molecular complexity index is 1120. The van der Waals surface area contributed by atoms with Crippen LogP contribution in [0.25, 0.3) is 33.1 Å². The van der Waals surface area contributed by atoms with Crippen LogP contribution >= 0.6 is 0 Å². The fourth-order valence-electron chi connectivity index (χ4n) is 2.86. The number of non-ortho nitro benzene ring substituents is 1. The van der Waals surface area contributed by atoms with Gasteiger partial charge in [0.2, 0.25) is 6.41 Å². The van der Waals surface area contributed by atoms with E-state index in [-0.39, 0.29) is 5.69 Å². The number of nitrogens with zero attached hydrogens (tertiary/aromatic N) is 2. The normalized spacial score (nSPS) is 10.9. The highest BCUT2D eigenvalue weighted by molar-refractivity contribution is 6.07. The SMILES string of the molecule is O=CNc1ccc(-c2cnc3[nH]c4ccc([N+](=O)[O-])cc4c3c2)cc1. The van der Waals surface area contributed by atoms with Crippen LogP contribution in [-0.4, -0.2) is 21.3 Å². The molecule has 0 fully saturated rings. The zero-order valence-electron chi connectivity index (χ0n) is 12.9. The molecule has 4 aromatic rings. The van der Waals surface area contributed by atoms with Crippen LogP contribution in [0.2, 0.25) is 0 Å². The molecule has 4 rings (SSSR count). The van der Waals surface area contributed by atoms with Crippen molar-refractivity contribution in [1.29, 1.82) is 0 Å². The number of nitro benzene ring substituents is 1. The smallest absolute Gasteiger partial charge is 0.270 e. The number of H-pyrrole nitrogens is 1. The summed E-state index contributed by atoms with van der Waals surface area (Å²) in [5.41, 5.74) is 4.05. The van der Waals surface area contributed by atoms with E-state index in [0.717, 1.165) is 27.4 Å². The number of fused-ring (bicyclic) bond motifs is 3. The van der Waals surface area contributed by atoms with Crippen LogP contribution in [0.3, 0.4) is 0 Å². The van der Waals surface area contributed by atoms with E-state index >= 15 is 0 Å². The summed E-state index contributed by atoms with van der Waals surface area (Å²) >= 11 is 0. The number of nitrogens with one attached hydrogen (secondary N) is 2. The van der Waals surface area contributed by atoms with Gasteiger partial charge in [-0.1, -0.05) is 12.1 Å². The van der Waals surface area contributed by atoms with Gasteiger partial charge in [0.15, 0.2) is 0 Å². The molecule has 0 saturated carbocycles. The third-order valence-corrected chi connectivity index (χ3v) is 4.09. The van der Waals surface area contributed by atoms with Crippen molar-refractivity contribution in [3.8, 4) is 11.1 Å². The third-order valence-electron chi connectivity index (χ3n) is 4.09. The first-order chi connectivity index (χ1) is 12.2. The largest absolute Gasteiger partial charge is 0.339 e. The maximum Gasteiger partial charge on any atom is 0.270 e. The Morgan fingerprint density at radius 1 is 1.04 bits per heavy atom. The second kappa shape index (κ2) is 5.72. The monoisotopic (exact) mass is 332 g/mol. The van der Waals surface area contributed by atoms with Crippen LogP contribution in [0.4, 0.5) is 11.4 Å². The predicted molar refractivity (Wildman–Crippen MR) is 95.4 cm³/mol. The molecule has 2 heterocycles. The van der Waals surface area contributed by atoms with Gasteiger partial charge in [-0.25, -0.2) is 4.98 Å². The van der Waals surface area contributed by atoms with E-state index in [1.54, 1.807) is 30.5 Å². The molecule has 0 bridgehead atoms. The van der Waals surface area contributed by atoms with Crippen LogP contribution < -0.4 is 5.32 Å². The molecule has 122 valence electrons. The zero-order valence-corrected chi connectivity index (χ0v) is 12.9. The summed E-state index contributed by atoms with van der Waals surface area (Å²) in [4.78, 5) is 28.7. The number of nitro groups is 1. The van der Waals surface area contributed by atoms with Crippen molar-refractivity contribution in [2.24, 2.45) is 0 Å². The molecule has 0 aliphatic carbocycles. The molecule has 0 saturated heterocycles. The van der Waals surface area contributed by atoms with Gasteiger partial charge in [0.1, 0.15) is 5.65 Å². The number of carbonyl (C=O) groups is 1. The molecule has 0 atom stereocenters. The predicted octanol–water partition coefficient (Wildman–Crippen LogP) is 3.86. The second-order valence-electron chi connectivity index (χ2n) is 5.57. The van der Waals surface area contributed by atoms with Gasteiger partial charge in [-0.3, -0.25) is 14.9 Å². The van der Waals surface area contributed by atoms with Crippen LogP contribution in [0.15, 0.2) is 54.7 Å². The Balaban J connectivity index is 1.85. The topological polar surface area (TPSA) is 101 Å². The molecule has 2 aromatic carbocycles. The van der Waals surface area contributed by atoms with Crippen molar-refractivity contribution in [3.63, 3.8) is 0 Å². The third kappa shape index (κ3) is 2.57. The number of aromatic amines is 1. The summed E-state index contributed by atoms with van der Waals surface area (Å²) in [7, 11) is 0. The van der Waals surface area contributed by atoms with Crippen molar-refractivity contribution >= 4 is 39.7 Å². The summed E-state index contributed by atoms with van der Waals surface area (Å²) in [5.74, 6) is 0. The first-order valence-electron chi connectivity index (χ1n) is 7.52. The number of pyridine rings is 1. The minimum Gasteiger partial charge on any atom is -0.339 e. The molecule has 1 amide bonds. The highest BCUT2D eigenvalue weighted by atomic mass is 16.6. The number of hydrogen-bond donors (Lipinski definition) is 2. The number of rotatable bonds is 4. The summed E-state index contributed by atoms with van der Waals surface area (Å²) in [6.07, 6.45) is 2.37. The Hall–Kier alpha value is -3.74. The standard InChI is InChI=1S/C18H12N4O3/c23-10-20-13-3-1-11(2-4-13)12-7-16-15-8-14(22(24)25)5-6-17(15)21-18(16)19-9-12/h1-10H,(H,19,21)(H,20,23). The van der Waals surface area contributed by atoms with Gasteiger partial charge in [0.25, 0.3) is 5.69 Å². The molecule has 2 N–H and O–H groups in total. The average molecular weight is 332 g/mol. The maximum atomic E-state index is 11.0. The van der Waals surface area contributed by atoms with Gasteiger partial charge in [0.05, 0.1) is 4.92 Å². The average Bonchev–Trinajstić information content (AvgIpc) is 2.99. The highest BCUT2D eigenvalue weighted by Crippen LogP contribution is 2.31. The van der Waals surface area contributed by atoms with E-state index in [4.69, 9.17) is 0 Å². The second-order valence-corrected chi connectivity index (χ2v) is 5.57. The first kappa shape index (κ1) is 14.8. The zero-order chi connectivity index (χ0) is 17.4. The quantitative estimate of drug-likeness (QED) is 0.336. The first-order valence-corrected chi connectivity index (χ1v) is 7.52. The summed E-state index contributed by atoms with van der Waals surface area (Å²) < 4.78 is 0. The van der Waals surface area contributed by atoms with Gasteiger partial charge >= 0.3 is 0 Å². The summed E-state index contributed by atoms with van der Waals surface area (Å²) in [6, 6.07) is 14.0. The molecule has 25 heavy (non-hydrogen) atoms. The lowest BCUT2D eigenvalue weighted by molar-refractivity contribution is -0.384. The summed E-state index contributed by atoms with van der Waals surface area (Å²) in [5, 5.41) is 15.2. The van der Waals surface area contributed by atoms with Gasteiger partial charge in [-0.15, -0.1) is 0 Å². The van der Waals surface area contributed by atoms with Crippen LogP contribution in [0, 0.1) is 10.1 Å². The van der Waals surface area contributed by atoms with E-state index in [1.807, 2.05) is 18.2 Å². The fourth-order valence-corrected chi connectivity index (χ4v) is 2.86. The van der Waals surface area contributed by atoms with Crippen molar-refractivity contribution < 1.29 is 9.72 Å². The molecule has 2 aromatic heterocycles. The minimum absolute atomic E-state index is 0.0445. The highest BCUT2D eigenvalue weighted by Gasteiger charge is 2.12. The van der Waals surface area contributed by atoms with Crippen molar-refractivity contribution in [1.82, 2.24) is 9.97 Å². The van der Waals surface area contributed by atoms with E-state index in [9.17, 15) is 14.9 Å². The molecular weight excluding hydrogens is 320 g/mol. The van der Waals surface area contributed by atoms with E-state index < -0.39 is 4.92 Å². The molecule has 0 aliphatic heterocycles. The molecular formula is C18H12N4O3. The molecule has 0 spiro atoms. The van der Waals surface area contributed by atoms with Crippen LogP contribution in [0.1, 0.15) is 0 Å². The van der Waals surface area contributed by atoms with Gasteiger partial charge < -0.3 is 10.3 Å². The molecule has 0 aliphatic rings. The van der Waals surface area contributed by atoms with Gasteiger partial charge in [-0.2, -0.15) is 0 Å². The number of hydrogen-bond acceptors (Lipinski definition) is 4. The summed E-state index contributed by atoms with van der Waals surface area (Å²) in [6.45, 7) is 0. The Morgan fingerprint density at radius 3 is 2.56 bits per heavy atom. The number of amides is 1. The number of aromatic nitrogens is 2. The Labute approximate surface area is 141 Å². The van der Waals surface area contributed by atoms with E-state index in [1.165, 1.54) is 6.07 Å². The molecule has 7 nitrogen and oxygen atoms in total. The van der Waals surface area contributed by atoms with E-state index in [0.29, 0.717) is 17.7 Å². The van der Waals surface area contributed by atoms with Gasteiger partial charge in [-0.05, 0) is 29.8 Å². The van der Waals surface area contributed by atoms with Crippen LogP contribution in [-0.2, 0) is 4.79 Å². The van der Waals surface area contributed by atoms with Crippen molar-refractivity contribution in [2.45, 2.75) is 0 Å². The maximum absolute atomic E-state index is 11.0. The lowest BCUT2D eigenvalue weighted by Crippen LogP contribution is -1.92. The van der Waals surface area contributed by atoms with Crippen molar-refractivity contribution in [2.75, 3.05) is 5.32 Å². The number of anilines is 1. The molecule has 0 radical (unpaired) electrons. The number of carbonyl (C=O) groups excluding carboxylic acids is 1. The lowest BCUT2D eigenvalue weighted by Gasteiger charge is -2.03. The van der Waals surface area contributed by atoms with Crippen molar-refractivity contribution in [3.05, 3.63) is 64.8 Å². The number of benzene rings is 2. The van der Waals surface area contributed by atoms with E-state index in [2.05, 4.69) is 15.3 Å². The minimum atomic E-state index is -0.408.